The number of carbonyl (C=O) groups is 2. The number of pyridine rings is 2. The molecular formula is C28H24N10O2. The average Bonchev–Trinajstić information content (AvgIpc) is 2.97. The number of amides is 2. The van der Waals surface area contributed by atoms with Crippen LogP contribution in [-0.4, -0.2) is 21.8 Å². The molecule has 40 heavy (non-hydrogen) atoms. The Kier molecular flexibility index (Phi) is 8.68. The summed E-state index contributed by atoms with van der Waals surface area (Å²) < 4.78 is 0. The largest absolute Gasteiger partial charge is 0.320 e. The normalized spacial score (nSPS) is 10.2. The summed E-state index contributed by atoms with van der Waals surface area (Å²) in [5.74, 6) is -0.738. The Morgan fingerprint density at radius 3 is 1.48 bits per heavy atom. The summed E-state index contributed by atoms with van der Waals surface area (Å²) in [5.41, 5.74) is 23.5. The molecule has 198 valence electrons. The van der Waals surface area contributed by atoms with Gasteiger partial charge in [0, 0.05) is 33.6 Å². The van der Waals surface area contributed by atoms with Crippen LogP contribution in [0.15, 0.2) is 83.3 Å². The number of aromatic nitrogens is 2. The molecule has 0 saturated carbocycles. The fourth-order valence-electron chi connectivity index (χ4n) is 4.03. The first-order valence-corrected chi connectivity index (χ1v) is 12.1. The van der Waals surface area contributed by atoms with Gasteiger partial charge < -0.3 is 10.6 Å². The van der Waals surface area contributed by atoms with Crippen LogP contribution in [0.3, 0.4) is 0 Å². The number of nitrogens with one attached hydrogen (secondary N) is 2. The highest BCUT2D eigenvalue weighted by Crippen LogP contribution is 2.34. The summed E-state index contributed by atoms with van der Waals surface area (Å²) in [6, 6.07) is 17.8. The molecule has 0 saturated heterocycles. The molecule has 4 aromatic rings. The van der Waals surface area contributed by atoms with Crippen molar-refractivity contribution in [2.45, 2.75) is 26.9 Å². The topological polar surface area (TPSA) is 182 Å². The Morgan fingerprint density at radius 1 is 0.700 bits per heavy atom. The Morgan fingerprint density at radius 2 is 1.12 bits per heavy atom. The molecule has 0 atom stereocenters. The van der Waals surface area contributed by atoms with Crippen LogP contribution in [0.1, 0.15) is 43.2 Å². The number of anilines is 2. The minimum absolute atomic E-state index is 0.160. The van der Waals surface area contributed by atoms with Crippen molar-refractivity contribution in [2.75, 3.05) is 10.6 Å². The second kappa shape index (κ2) is 12.7. The molecule has 0 aliphatic rings. The van der Waals surface area contributed by atoms with Crippen LogP contribution in [0, 0.1) is 13.8 Å². The summed E-state index contributed by atoms with van der Waals surface area (Å²) in [6.45, 7) is 4.14. The molecule has 0 unspecified atom stereocenters. The van der Waals surface area contributed by atoms with Gasteiger partial charge in [-0.2, -0.15) is 0 Å². The maximum Gasteiger partial charge on any atom is 0.274 e. The van der Waals surface area contributed by atoms with Crippen molar-refractivity contribution >= 4 is 23.2 Å². The standard InChI is InChI=1S/C28H24N10O2/c1-17-21(5-3-7-23(17)35-27(39)25-11-9-19(13-31-25)15-33-37-29)22-6-4-8-24(18(22)2)36-28(40)26-12-10-20(14-32-26)16-34-38-30/h3-14H,15-16H2,1-2H3,(H,35,39)(H,36,40). The van der Waals surface area contributed by atoms with Crippen molar-refractivity contribution in [3.05, 3.63) is 128 Å². The summed E-state index contributed by atoms with van der Waals surface area (Å²) in [6.07, 6.45) is 3.01. The van der Waals surface area contributed by atoms with Gasteiger partial charge in [-0.25, -0.2) is 0 Å². The Bertz CT molecular complexity index is 1530. The summed E-state index contributed by atoms with van der Waals surface area (Å²) in [7, 11) is 0. The molecule has 0 aliphatic carbocycles. The van der Waals surface area contributed by atoms with Gasteiger partial charge in [0.2, 0.25) is 0 Å². The third kappa shape index (κ3) is 6.40. The molecule has 2 N–H and O–H groups in total. The number of hydrogen-bond donors (Lipinski definition) is 2. The molecule has 2 amide bonds. The van der Waals surface area contributed by atoms with Crippen LogP contribution in [0.25, 0.3) is 32.0 Å². The maximum atomic E-state index is 12.9. The van der Waals surface area contributed by atoms with Crippen molar-refractivity contribution in [2.24, 2.45) is 10.2 Å². The summed E-state index contributed by atoms with van der Waals surface area (Å²) >= 11 is 0. The van der Waals surface area contributed by atoms with Crippen LogP contribution in [0.4, 0.5) is 11.4 Å². The lowest BCUT2D eigenvalue weighted by atomic mass is 9.94. The van der Waals surface area contributed by atoms with E-state index in [-0.39, 0.29) is 36.3 Å². The van der Waals surface area contributed by atoms with Crippen molar-refractivity contribution in [3.63, 3.8) is 0 Å². The van der Waals surface area contributed by atoms with Gasteiger partial charge in [0.25, 0.3) is 11.8 Å². The quantitative estimate of drug-likeness (QED) is 0.135. The highest BCUT2D eigenvalue weighted by molar-refractivity contribution is 6.05. The number of carbonyl (C=O) groups excluding carboxylic acids is 2. The van der Waals surface area contributed by atoms with E-state index in [2.05, 4.69) is 40.7 Å². The number of rotatable bonds is 9. The lowest BCUT2D eigenvalue weighted by Crippen LogP contribution is -2.15. The molecule has 0 bridgehead atoms. The molecular weight excluding hydrogens is 508 g/mol. The molecule has 2 aromatic heterocycles. The van der Waals surface area contributed by atoms with E-state index in [0.29, 0.717) is 22.5 Å². The minimum atomic E-state index is -0.369. The van der Waals surface area contributed by atoms with Crippen LogP contribution in [-0.2, 0) is 13.1 Å². The zero-order chi connectivity index (χ0) is 28.5. The first-order chi connectivity index (χ1) is 19.4. The molecule has 2 aromatic carbocycles. The zero-order valence-electron chi connectivity index (χ0n) is 21.7. The van der Waals surface area contributed by atoms with Crippen molar-refractivity contribution in [3.8, 4) is 11.1 Å². The van der Waals surface area contributed by atoms with E-state index in [9.17, 15) is 9.59 Å². The van der Waals surface area contributed by atoms with E-state index in [1.807, 2.05) is 50.2 Å². The third-order valence-corrected chi connectivity index (χ3v) is 6.20. The maximum absolute atomic E-state index is 12.9. The van der Waals surface area contributed by atoms with Gasteiger partial charge in [0.05, 0.1) is 13.1 Å². The van der Waals surface area contributed by atoms with Gasteiger partial charge >= 0.3 is 0 Å². The predicted octanol–water partition coefficient (Wildman–Crippen LogP) is 6.89. The number of azide groups is 2. The summed E-state index contributed by atoms with van der Waals surface area (Å²) in [4.78, 5) is 39.5. The van der Waals surface area contributed by atoms with Gasteiger partial charge in [0.1, 0.15) is 11.4 Å². The highest BCUT2D eigenvalue weighted by Gasteiger charge is 2.16. The van der Waals surface area contributed by atoms with Gasteiger partial charge in [-0.15, -0.1) is 0 Å². The fourth-order valence-corrected chi connectivity index (χ4v) is 4.03. The molecule has 0 fully saturated rings. The SMILES string of the molecule is Cc1c(NC(=O)c2ccc(CN=[N+]=[N-])cn2)cccc1-c1cccc(NC(=O)c2ccc(CN=[N+]=[N-])cn2)c1C. The smallest absolute Gasteiger partial charge is 0.274 e. The van der Waals surface area contributed by atoms with Crippen LogP contribution in [0.5, 0.6) is 0 Å². The van der Waals surface area contributed by atoms with E-state index in [1.165, 1.54) is 12.4 Å². The summed E-state index contributed by atoms with van der Waals surface area (Å²) in [5, 5.41) is 12.8. The van der Waals surface area contributed by atoms with Crippen LogP contribution in [0.2, 0.25) is 0 Å². The van der Waals surface area contributed by atoms with E-state index in [1.54, 1.807) is 24.3 Å². The number of benzene rings is 2. The molecule has 0 spiro atoms. The molecule has 0 radical (unpaired) electrons. The molecule has 12 heteroatoms. The predicted molar refractivity (Wildman–Crippen MR) is 151 cm³/mol. The Balaban J connectivity index is 1.53. The van der Waals surface area contributed by atoms with Gasteiger partial charge in [-0.1, -0.05) is 46.6 Å². The van der Waals surface area contributed by atoms with Crippen molar-refractivity contribution < 1.29 is 9.59 Å². The Hall–Kier alpha value is -5.70. The lowest BCUT2D eigenvalue weighted by molar-refractivity contribution is 0.101. The van der Waals surface area contributed by atoms with Crippen LogP contribution < -0.4 is 10.6 Å². The van der Waals surface area contributed by atoms with Crippen LogP contribution >= 0.6 is 0 Å². The third-order valence-electron chi connectivity index (χ3n) is 6.20. The van der Waals surface area contributed by atoms with Gasteiger partial charge in [0.15, 0.2) is 0 Å². The lowest BCUT2D eigenvalue weighted by Gasteiger charge is -2.17. The van der Waals surface area contributed by atoms with Gasteiger partial charge in [-0.3, -0.25) is 19.6 Å². The Labute approximate surface area is 229 Å². The van der Waals surface area contributed by atoms with E-state index >= 15 is 0 Å². The number of nitrogens with zero attached hydrogens (tertiary/aromatic N) is 8. The molecule has 0 aliphatic heterocycles. The second-order valence-corrected chi connectivity index (χ2v) is 8.75. The number of hydrogen-bond acceptors (Lipinski definition) is 6. The molecule has 12 nitrogen and oxygen atoms in total. The highest BCUT2D eigenvalue weighted by atomic mass is 16.2. The van der Waals surface area contributed by atoms with Crippen molar-refractivity contribution in [1.29, 1.82) is 0 Å². The van der Waals surface area contributed by atoms with E-state index < -0.39 is 0 Å². The monoisotopic (exact) mass is 532 g/mol. The fraction of sp³-hybridized carbons (Fsp3) is 0.143. The van der Waals surface area contributed by atoms with Crippen molar-refractivity contribution in [1.82, 2.24) is 9.97 Å². The van der Waals surface area contributed by atoms with Gasteiger partial charge in [-0.05, 0) is 82.6 Å². The first-order valence-electron chi connectivity index (χ1n) is 12.1. The van der Waals surface area contributed by atoms with E-state index in [4.69, 9.17) is 11.1 Å². The van der Waals surface area contributed by atoms with E-state index in [0.717, 1.165) is 22.3 Å². The second-order valence-electron chi connectivity index (χ2n) is 8.75. The molecule has 2 heterocycles. The minimum Gasteiger partial charge on any atom is -0.320 e. The molecule has 4 rings (SSSR count). The zero-order valence-corrected chi connectivity index (χ0v) is 21.7. The first kappa shape index (κ1) is 27.3. The average molecular weight is 533 g/mol.